The second-order valence-corrected chi connectivity index (χ2v) is 3.89. The summed E-state index contributed by atoms with van der Waals surface area (Å²) in [4.78, 5) is 10.9. The minimum absolute atomic E-state index is 0. The summed E-state index contributed by atoms with van der Waals surface area (Å²) in [6, 6.07) is 8.68. The van der Waals surface area contributed by atoms with Gasteiger partial charge in [0, 0.05) is 19.5 Å². The van der Waals surface area contributed by atoms with E-state index in [9.17, 15) is 4.79 Å². The number of carbonyl (C=O) groups is 1. The Morgan fingerprint density at radius 2 is 2.25 bits per heavy atom. The molecular weight excluding hydrogens is 224 g/mol. The lowest BCUT2D eigenvalue weighted by Gasteiger charge is -2.26. The number of halogens is 1. The number of carbonyl (C=O) groups excluding carboxylic acids is 1. The standard InChI is InChI=1S/C12H16N2O.ClH/c1-9(15)14-8-12-11-5-3-2-4-10(11)6-7-13-12;/h2-5,12-13H,6-8H2,1H3,(H,14,15);1H. The van der Waals surface area contributed by atoms with Crippen LogP contribution < -0.4 is 10.6 Å². The number of hydrogen-bond acceptors (Lipinski definition) is 2. The maximum Gasteiger partial charge on any atom is 0.216 e. The van der Waals surface area contributed by atoms with Crippen LogP contribution in [0, 0.1) is 0 Å². The Labute approximate surface area is 102 Å². The molecule has 1 heterocycles. The molecule has 0 spiro atoms. The van der Waals surface area contributed by atoms with Crippen molar-refractivity contribution < 1.29 is 4.79 Å². The third-order valence-corrected chi connectivity index (χ3v) is 2.77. The quantitative estimate of drug-likeness (QED) is 0.821. The summed E-state index contributed by atoms with van der Waals surface area (Å²) in [6.07, 6.45) is 1.08. The SMILES string of the molecule is CC(=O)NCC1NCCc2ccccc21.Cl. The van der Waals surface area contributed by atoms with Crippen molar-refractivity contribution in [2.45, 2.75) is 19.4 Å². The molecule has 2 rings (SSSR count). The predicted octanol–water partition coefficient (Wildman–Crippen LogP) is 1.43. The van der Waals surface area contributed by atoms with Crippen molar-refractivity contribution in [3.8, 4) is 0 Å². The minimum Gasteiger partial charge on any atom is -0.354 e. The topological polar surface area (TPSA) is 41.1 Å². The van der Waals surface area contributed by atoms with Crippen LogP contribution in [-0.4, -0.2) is 19.0 Å². The first-order chi connectivity index (χ1) is 7.27. The number of amides is 1. The zero-order valence-electron chi connectivity index (χ0n) is 9.32. The Kier molecular flexibility index (Phi) is 4.77. The molecule has 0 aromatic heterocycles. The molecule has 1 amide bonds. The molecule has 3 nitrogen and oxygen atoms in total. The summed E-state index contributed by atoms with van der Waals surface area (Å²) < 4.78 is 0. The van der Waals surface area contributed by atoms with Crippen LogP contribution in [0.25, 0.3) is 0 Å². The zero-order chi connectivity index (χ0) is 10.7. The van der Waals surface area contributed by atoms with Gasteiger partial charge in [0.25, 0.3) is 0 Å². The predicted molar refractivity (Wildman–Crippen MR) is 66.8 cm³/mol. The fraction of sp³-hybridized carbons (Fsp3) is 0.417. The van der Waals surface area contributed by atoms with Gasteiger partial charge in [0.15, 0.2) is 0 Å². The molecule has 0 radical (unpaired) electrons. The first-order valence-electron chi connectivity index (χ1n) is 5.33. The van der Waals surface area contributed by atoms with Crippen molar-refractivity contribution in [1.29, 1.82) is 0 Å². The summed E-state index contributed by atoms with van der Waals surface area (Å²) in [5.74, 6) is 0.0276. The number of nitrogens with one attached hydrogen (secondary N) is 2. The normalized spacial score (nSPS) is 18.2. The van der Waals surface area contributed by atoms with E-state index in [1.807, 2.05) is 6.07 Å². The first kappa shape index (κ1) is 13.0. The van der Waals surface area contributed by atoms with E-state index >= 15 is 0 Å². The number of fused-ring (bicyclic) bond motifs is 1. The lowest BCUT2D eigenvalue weighted by atomic mass is 9.94. The maximum absolute atomic E-state index is 10.9. The third-order valence-electron chi connectivity index (χ3n) is 2.77. The van der Waals surface area contributed by atoms with Crippen molar-refractivity contribution in [1.82, 2.24) is 10.6 Å². The van der Waals surface area contributed by atoms with Crippen LogP contribution in [-0.2, 0) is 11.2 Å². The summed E-state index contributed by atoms with van der Waals surface area (Å²) in [7, 11) is 0. The van der Waals surface area contributed by atoms with Crippen LogP contribution in [0.3, 0.4) is 0 Å². The Hall–Kier alpha value is -1.06. The molecule has 4 heteroatoms. The molecule has 1 unspecified atom stereocenters. The number of hydrogen-bond donors (Lipinski definition) is 2. The molecule has 1 aliphatic rings. The Morgan fingerprint density at radius 1 is 1.50 bits per heavy atom. The Bertz CT molecular complexity index is 368. The molecule has 0 fully saturated rings. The van der Waals surface area contributed by atoms with Gasteiger partial charge in [0.1, 0.15) is 0 Å². The molecule has 1 atom stereocenters. The van der Waals surface area contributed by atoms with Crippen molar-refractivity contribution in [2.24, 2.45) is 0 Å². The molecule has 16 heavy (non-hydrogen) atoms. The van der Waals surface area contributed by atoms with E-state index < -0.39 is 0 Å². The third kappa shape index (κ3) is 2.97. The maximum atomic E-state index is 10.9. The van der Waals surface area contributed by atoms with Crippen molar-refractivity contribution in [3.63, 3.8) is 0 Å². The average molecular weight is 241 g/mol. The highest BCUT2D eigenvalue weighted by molar-refractivity contribution is 5.85. The van der Waals surface area contributed by atoms with Gasteiger partial charge in [-0.05, 0) is 24.1 Å². The van der Waals surface area contributed by atoms with Gasteiger partial charge in [-0.1, -0.05) is 24.3 Å². The van der Waals surface area contributed by atoms with Gasteiger partial charge in [0.2, 0.25) is 5.91 Å². The molecule has 1 aromatic rings. The Balaban J connectivity index is 0.00000128. The lowest BCUT2D eigenvalue weighted by molar-refractivity contribution is -0.119. The molecule has 0 aliphatic carbocycles. The van der Waals surface area contributed by atoms with Crippen molar-refractivity contribution in [2.75, 3.05) is 13.1 Å². The lowest BCUT2D eigenvalue weighted by Crippen LogP contribution is -2.38. The van der Waals surface area contributed by atoms with E-state index in [0.717, 1.165) is 13.0 Å². The van der Waals surface area contributed by atoms with Crippen molar-refractivity contribution >= 4 is 18.3 Å². The first-order valence-corrected chi connectivity index (χ1v) is 5.33. The van der Waals surface area contributed by atoms with Crippen molar-refractivity contribution in [3.05, 3.63) is 35.4 Å². The molecule has 2 N–H and O–H groups in total. The monoisotopic (exact) mass is 240 g/mol. The summed E-state index contributed by atoms with van der Waals surface area (Å²) in [6.45, 7) is 3.21. The highest BCUT2D eigenvalue weighted by Gasteiger charge is 2.18. The van der Waals surface area contributed by atoms with Crippen LogP contribution in [0.1, 0.15) is 24.1 Å². The van der Waals surface area contributed by atoms with Crippen LogP contribution in [0.15, 0.2) is 24.3 Å². The van der Waals surface area contributed by atoms with Gasteiger partial charge in [-0.3, -0.25) is 4.79 Å². The number of benzene rings is 1. The summed E-state index contributed by atoms with van der Waals surface area (Å²) >= 11 is 0. The second-order valence-electron chi connectivity index (χ2n) is 3.89. The molecule has 0 saturated carbocycles. The van der Waals surface area contributed by atoms with Crippen LogP contribution in [0.5, 0.6) is 0 Å². The van der Waals surface area contributed by atoms with Gasteiger partial charge < -0.3 is 10.6 Å². The summed E-state index contributed by atoms with van der Waals surface area (Å²) in [5, 5.41) is 6.27. The van der Waals surface area contributed by atoms with Gasteiger partial charge in [0.05, 0.1) is 0 Å². The Morgan fingerprint density at radius 3 is 3.00 bits per heavy atom. The molecule has 88 valence electrons. The molecule has 0 saturated heterocycles. The largest absolute Gasteiger partial charge is 0.354 e. The van der Waals surface area contributed by atoms with Crippen LogP contribution in [0.4, 0.5) is 0 Å². The van der Waals surface area contributed by atoms with E-state index in [-0.39, 0.29) is 24.4 Å². The van der Waals surface area contributed by atoms with Crippen LogP contribution >= 0.6 is 12.4 Å². The number of rotatable bonds is 2. The fourth-order valence-corrected chi connectivity index (χ4v) is 2.02. The van der Waals surface area contributed by atoms with E-state index in [1.165, 1.54) is 11.1 Å². The van der Waals surface area contributed by atoms with Gasteiger partial charge in [-0.2, -0.15) is 0 Å². The highest BCUT2D eigenvalue weighted by Crippen LogP contribution is 2.21. The second kappa shape index (κ2) is 5.87. The summed E-state index contributed by atoms with van der Waals surface area (Å²) in [5.41, 5.74) is 2.71. The average Bonchev–Trinajstić information content (AvgIpc) is 2.26. The van der Waals surface area contributed by atoms with E-state index in [4.69, 9.17) is 0 Å². The minimum atomic E-state index is 0. The highest BCUT2D eigenvalue weighted by atomic mass is 35.5. The van der Waals surface area contributed by atoms with E-state index in [2.05, 4.69) is 28.8 Å². The smallest absolute Gasteiger partial charge is 0.216 e. The molecule has 0 bridgehead atoms. The molecule has 1 aromatic carbocycles. The zero-order valence-corrected chi connectivity index (χ0v) is 10.1. The molecular formula is C12H17ClN2O. The van der Waals surface area contributed by atoms with Gasteiger partial charge in [-0.25, -0.2) is 0 Å². The van der Waals surface area contributed by atoms with Gasteiger partial charge in [-0.15, -0.1) is 12.4 Å². The van der Waals surface area contributed by atoms with Crippen LogP contribution in [0.2, 0.25) is 0 Å². The van der Waals surface area contributed by atoms with E-state index in [0.29, 0.717) is 6.54 Å². The fourth-order valence-electron chi connectivity index (χ4n) is 2.02. The van der Waals surface area contributed by atoms with Gasteiger partial charge >= 0.3 is 0 Å². The van der Waals surface area contributed by atoms with E-state index in [1.54, 1.807) is 6.92 Å². The molecule has 1 aliphatic heterocycles.